The largest absolute Gasteiger partial charge is 0.497 e. The number of amides is 2. The molecule has 1 N–H and O–H groups in total. The van der Waals surface area contributed by atoms with Gasteiger partial charge in [-0.05, 0) is 60.5 Å². The van der Waals surface area contributed by atoms with E-state index in [0.717, 1.165) is 16.9 Å². The van der Waals surface area contributed by atoms with E-state index in [1.54, 1.807) is 12.0 Å². The fourth-order valence-corrected chi connectivity index (χ4v) is 4.59. The molecule has 0 radical (unpaired) electrons. The highest BCUT2D eigenvalue weighted by Crippen LogP contribution is 2.23. The van der Waals surface area contributed by atoms with E-state index in [2.05, 4.69) is 5.32 Å². The van der Waals surface area contributed by atoms with Gasteiger partial charge in [-0.25, -0.2) is 0 Å². The second kappa shape index (κ2) is 11.6. The quantitative estimate of drug-likeness (QED) is 0.432. The molecule has 1 aliphatic rings. The zero-order valence-corrected chi connectivity index (χ0v) is 20.5. The van der Waals surface area contributed by atoms with Crippen LogP contribution in [0.4, 0.5) is 5.69 Å². The van der Waals surface area contributed by atoms with Crippen LogP contribution in [0.2, 0.25) is 0 Å². The summed E-state index contributed by atoms with van der Waals surface area (Å²) in [6.45, 7) is 1.03. The lowest BCUT2D eigenvalue weighted by atomic mass is 10.1. The standard InChI is InChI=1S/C28H29N3O3S/c1-34-24-14-12-22(13-15-24)16-18-30-25(20-26(32)29-23-10-6-3-7-11-23)27(33)31(28(30)35)19-17-21-8-4-2-5-9-21/h2-15,25H,16-20H2,1H3,(H,29,32). The van der Waals surface area contributed by atoms with E-state index in [0.29, 0.717) is 36.7 Å². The van der Waals surface area contributed by atoms with Crippen LogP contribution in [0, 0.1) is 0 Å². The molecule has 0 spiro atoms. The van der Waals surface area contributed by atoms with E-state index in [-0.39, 0.29) is 18.2 Å². The molecule has 2 amide bonds. The fourth-order valence-electron chi connectivity index (χ4n) is 4.19. The van der Waals surface area contributed by atoms with Gasteiger partial charge in [-0.2, -0.15) is 0 Å². The van der Waals surface area contributed by atoms with Gasteiger partial charge in [-0.3, -0.25) is 14.5 Å². The monoisotopic (exact) mass is 487 g/mol. The van der Waals surface area contributed by atoms with Crippen LogP contribution < -0.4 is 10.1 Å². The summed E-state index contributed by atoms with van der Waals surface area (Å²) >= 11 is 5.75. The van der Waals surface area contributed by atoms with E-state index in [1.165, 1.54) is 0 Å². The molecule has 0 aliphatic carbocycles. The number of methoxy groups -OCH3 is 1. The van der Waals surface area contributed by atoms with Gasteiger partial charge in [0.05, 0.1) is 13.5 Å². The molecule has 3 aromatic carbocycles. The molecular weight excluding hydrogens is 458 g/mol. The molecule has 1 fully saturated rings. The van der Waals surface area contributed by atoms with Crippen LogP contribution in [-0.4, -0.2) is 53.0 Å². The van der Waals surface area contributed by atoms with Gasteiger partial charge in [0.15, 0.2) is 5.11 Å². The minimum absolute atomic E-state index is 0.0400. The predicted molar refractivity (Wildman–Crippen MR) is 141 cm³/mol. The number of hydrogen-bond acceptors (Lipinski definition) is 4. The van der Waals surface area contributed by atoms with Crippen molar-refractivity contribution in [2.45, 2.75) is 25.3 Å². The lowest BCUT2D eigenvalue weighted by Gasteiger charge is -2.24. The number of hydrogen-bond donors (Lipinski definition) is 1. The topological polar surface area (TPSA) is 61.9 Å². The Hall–Kier alpha value is -3.71. The number of benzene rings is 3. The molecule has 1 saturated heterocycles. The summed E-state index contributed by atoms with van der Waals surface area (Å²) in [5, 5.41) is 3.37. The van der Waals surface area contributed by atoms with Crippen LogP contribution in [0.25, 0.3) is 0 Å². The van der Waals surface area contributed by atoms with Gasteiger partial charge in [-0.15, -0.1) is 0 Å². The molecule has 3 aromatic rings. The van der Waals surface area contributed by atoms with Crippen molar-refractivity contribution in [1.29, 1.82) is 0 Å². The molecule has 1 heterocycles. The highest BCUT2D eigenvalue weighted by Gasteiger charge is 2.42. The van der Waals surface area contributed by atoms with E-state index in [9.17, 15) is 9.59 Å². The highest BCUT2D eigenvalue weighted by molar-refractivity contribution is 7.80. The van der Waals surface area contributed by atoms with Crippen LogP contribution >= 0.6 is 12.2 Å². The van der Waals surface area contributed by atoms with Crippen LogP contribution in [-0.2, 0) is 22.4 Å². The SMILES string of the molecule is COc1ccc(CCN2C(=S)N(CCc3ccccc3)C(=O)C2CC(=O)Nc2ccccc2)cc1. The molecule has 1 unspecified atom stereocenters. The first-order chi connectivity index (χ1) is 17.0. The third-order valence-electron chi connectivity index (χ3n) is 6.11. The van der Waals surface area contributed by atoms with Crippen molar-refractivity contribution in [2.75, 3.05) is 25.5 Å². The number of rotatable bonds is 10. The Morgan fingerprint density at radius 2 is 1.49 bits per heavy atom. The Labute approximate surface area is 211 Å². The van der Waals surface area contributed by atoms with Gasteiger partial charge < -0.3 is 15.0 Å². The first-order valence-corrected chi connectivity index (χ1v) is 12.1. The summed E-state index contributed by atoms with van der Waals surface area (Å²) in [4.78, 5) is 29.8. The van der Waals surface area contributed by atoms with Gasteiger partial charge in [-0.1, -0.05) is 60.7 Å². The molecule has 6 nitrogen and oxygen atoms in total. The van der Waals surface area contributed by atoms with Gasteiger partial charge >= 0.3 is 0 Å². The summed E-state index contributed by atoms with van der Waals surface area (Å²) in [6.07, 6.45) is 1.43. The molecule has 7 heteroatoms. The lowest BCUT2D eigenvalue weighted by Crippen LogP contribution is -2.39. The second-order valence-electron chi connectivity index (χ2n) is 8.43. The molecule has 0 aromatic heterocycles. The normalized spacial score (nSPS) is 15.4. The molecule has 0 saturated carbocycles. The van der Waals surface area contributed by atoms with E-state index in [4.69, 9.17) is 17.0 Å². The number of nitrogens with one attached hydrogen (secondary N) is 1. The third-order valence-corrected chi connectivity index (χ3v) is 6.56. The third kappa shape index (κ3) is 6.25. The number of carbonyl (C=O) groups is 2. The smallest absolute Gasteiger partial charge is 0.252 e. The number of para-hydroxylation sites is 1. The van der Waals surface area contributed by atoms with Crippen LogP contribution in [0.5, 0.6) is 5.75 Å². The van der Waals surface area contributed by atoms with Crippen LogP contribution in [0.3, 0.4) is 0 Å². The van der Waals surface area contributed by atoms with Crippen molar-refractivity contribution in [3.63, 3.8) is 0 Å². The first kappa shape index (κ1) is 24.4. The van der Waals surface area contributed by atoms with Crippen molar-refractivity contribution in [2.24, 2.45) is 0 Å². The Kier molecular flexibility index (Phi) is 8.11. The van der Waals surface area contributed by atoms with Crippen LogP contribution in [0.1, 0.15) is 17.5 Å². The van der Waals surface area contributed by atoms with Gasteiger partial charge in [0, 0.05) is 18.8 Å². The summed E-state index contributed by atoms with van der Waals surface area (Å²) in [5.41, 5.74) is 2.95. The fraction of sp³-hybridized carbons (Fsp3) is 0.250. The molecule has 0 bridgehead atoms. The Morgan fingerprint density at radius 3 is 2.14 bits per heavy atom. The maximum atomic E-state index is 13.4. The molecule has 180 valence electrons. The minimum atomic E-state index is -0.625. The van der Waals surface area contributed by atoms with Crippen molar-refractivity contribution < 1.29 is 14.3 Å². The number of carbonyl (C=O) groups excluding carboxylic acids is 2. The predicted octanol–water partition coefficient (Wildman–Crippen LogP) is 4.31. The van der Waals surface area contributed by atoms with Crippen molar-refractivity contribution >= 4 is 34.8 Å². The van der Waals surface area contributed by atoms with E-state index in [1.807, 2.05) is 89.8 Å². The number of nitrogens with zero attached hydrogens (tertiary/aromatic N) is 2. The highest BCUT2D eigenvalue weighted by atomic mass is 32.1. The first-order valence-electron chi connectivity index (χ1n) is 11.7. The van der Waals surface area contributed by atoms with Gasteiger partial charge in [0.2, 0.25) is 5.91 Å². The number of ether oxygens (including phenoxy) is 1. The average Bonchev–Trinajstić information content (AvgIpc) is 3.11. The Balaban J connectivity index is 1.47. The zero-order valence-electron chi connectivity index (χ0n) is 19.7. The van der Waals surface area contributed by atoms with Gasteiger partial charge in [0.25, 0.3) is 5.91 Å². The summed E-state index contributed by atoms with van der Waals surface area (Å²) in [7, 11) is 1.64. The molecule has 1 atom stereocenters. The lowest BCUT2D eigenvalue weighted by molar-refractivity contribution is -0.130. The zero-order chi connectivity index (χ0) is 24.6. The minimum Gasteiger partial charge on any atom is -0.497 e. The Bertz CT molecular complexity index is 1150. The average molecular weight is 488 g/mol. The van der Waals surface area contributed by atoms with Crippen molar-refractivity contribution in [1.82, 2.24) is 9.80 Å². The maximum absolute atomic E-state index is 13.4. The van der Waals surface area contributed by atoms with Crippen molar-refractivity contribution in [3.8, 4) is 5.75 Å². The number of anilines is 1. The summed E-state index contributed by atoms with van der Waals surface area (Å²) in [6, 6.07) is 26.5. The summed E-state index contributed by atoms with van der Waals surface area (Å²) < 4.78 is 5.24. The van der Waals surface area contributed by atoms with Crippen LogP contribution in [0.15, 0.2) is 84.9 Å². The molecule has 35 heavy (non-hydrogen) atoms. The van der Waals surface area contributed by atoms with E-state index >= 15 is 0 Å². The Morgan fingerprint density at radius 1 is 0.886 bits per heavy atom. The molecule has 1 aliphatic heterocycles. The maximum Gasteiger partial charge on any atom is 0.252 e. The molecule has 4 rings (SSSR count). The van der Waals surface area contributed by atoms with Crippen molar-refractivity contribution in [3.05, 3.63) is 96.1 Å². The summed E-state index contributed by atoms with van der Waals surface area (Å²) in [5.74, 6) is 0.462. The second-order valence-corrected chi connectivity index (χ2v) is 8.80. The number of thiocarbonyl (C=S) groups is 1. The van der Waals surface area contributed by atoms with E-state index < -0.39 is 6.04 Å². The molecular formula is C28H29N3O3S. The van der Waals surface area contributed by atoms with Gasteiger partial charge in [0.1, 0.15) is 11.8 Å².